The smallest absolute Gasteiger partial charge is 0.335 e. The standard InChI is InChI=1S/C15H16N2O3/c1-9(18)8-17-11(3)14(10(2)16-17)12-4-6-13(7-5-12)15(19)20/h4-7H,8H2,1-3H3,(H,19,20). The molecule has 0 atom stereocenters. The van der Waals surface area contributed by atoms with E-state index < -0.39 is 5.97 Å². The van der Waals surface area contributed by atoms with Crippen molar-refractivity contribution in [2.75, 3.05) is 0 Å². The number of benzene rings is 1. The highest BCUT2D eigenvalue weighted by molar-refractivity contribution is 5.88. The summed E-state index contributed by atoms with van der Waals surface area (Å²) < 4.78 is 1.68. The van der Waals surface area contributed by atoms with Crippen LogP contribution in [0.3, 0.4) is 0 Å². The Morgan fingerprint density at radius 3 is 2.30 bits per heavy atom. The van der Waals surface area contributed by atoms with Crippen LogP contribution in [0.4, 0.5) is 0 Å². The lowest BCUT2D eigenvalue weighted by molar-refractivity contribution is -0.117. The van der Waals surface area contributed by atoms with Crippen LogP contribution in [0, 0.1) is 13.8 Å². The molecule has 0 aliphatic heterocycles. The Bertz CT molecular complexity index is 669. The molecule has 2 aromatic rings. The average Bonchev–Trinajstić information content (AvgIpc) is 2.64. The first-order valence-electron chi connectivity index (χ1n) is 6.27. The molecule has 5 nitrogen and oxygen atoms in total. The molecule has 0 aliphatic carbocycles. The van der Waals surface area contributed by atoms with E-state index in [2.05, 4.69) is 5.10 Å². The number of ketones is 1. The molecule has 0 saturated carbocycles. The second-order valence-electron chi connectivity index (χ2n) is 4.79. The Morgan fingerprint density at radius 1 is 1.20 bits per heavy atom. The Hall–Kier alpha value is -2.43. The van der Waals surface area contributed by atoms with Crippen molar-refractivity contribution in [2.45, 2.75) is 27.3 Å². The third-order valence-corrected chi connectivity index (χ3v) is 3.17. The molecule has 0 aliphatic rings. The van der Waals surface area contributed by atoms with Gasteiger partial charge in [-0.25, -0.2) is 4.79 Å². The number of hydrogen-bond donors (Lipinski definition) is 1. The number of Topliss-reactive ketones (excluding diaryl/α,β-unsaturated/α-hetero) is 1. The molecule has 0 unspecified atom stereocenters. The number of aromatic carboxylic acids is 1. The summed E-state index contributed by atoms with van der Waals surface area (Å²) >= 11 is 0. The molecule has 20 heavy (non-hydrogen) atoms. The second kappa shape index (κ2) is 5.28. The van der Waals surface area contributed by atoms with E-state index in [1.165, 1.54) is 6.92 Å². The summed E-state index contributed by atoms with van der Waals surface area (Å²) in [4.78, 5) is 22.1. The Labute approximate surface area is 116 Å². The fourth-order valence-corrected chi connectivity index (χ4v) is 2.26. The summed E-state index contributed by atoms with van der Waals surface area (Å²) in [7, 11) is 0. The molecule has 0 fully saturated rings. The minimum absolute atomic E-state index is 0.0448. The largest absolute Gasteiger partial charge is 0.478 e. The summed E-state index contributed by atoms with van der Waals surface area (Å²) in [5.41, 5.74) is 3.83. The van der Waals surface area contributed by atoms with Gasteiger partial charge in [0, 0.05) is 11.3 Å². The number of carbonyl (C=O) groups excluding carboxylic acids is 1. The van der Waals surface area contributed by atoms with Crippen molar-refractivity contribution in [3.05, 3.63) is 41.2 Å². The van der Waals surface area contributed by atoms with Crippen LogP contribution in [0.15, 0.2) is 24.3 Å². The number of aryl methyl sites for hydroxylation is 1. The summed E-state index contributed by atoms with van der Waals surface area (Å²) in [6.45, 7) is 5.56. The second-order valence-corrected chi connectivity index (χ2v) is 4.79. The van der Waals surface area contributed by atoms with E-state index in [1.807, 2.05) is 13.8 Å². The first kappa shape index (κ1) is 14.0. The molecule has 1 aromatic carbocycles. The molecule has 2 rings (SSSR count). The fourth-order valence-electron chi connectivity index (χ4n) is 2.26. The van der Waals surface area contributed by atoms with Crippen molar-refractivity contribution in [1.29, 1.82) is 0 Å². The van der Waals surface area contributed by atoms with Crippen LogP contribution in [0.1, 0.15) is 28.7 Å². The molecular formula is C15H16N2O3. The van der Waals surface area contributed by atoms with Crippen molar-refractivity contribution in [2.24, 2.45) is 0 Å². The quantitative estimate of drug-likeness (QED) is 0.928. The van der Waals surface area contributed by atoms with Gasteiger partial charge >= 0.3 is 5.97 Å². The number of aromatic nitrogens is 2. The van der Waals surface area contributed by atoms with Crippen molar-refractivity contribution in [3.63, 3.8) is 0 Å². The van der Waals surface area contributed by atoms with Gasteiger partial charge in [-0.2, -0.15) is 5.10 Å². The molecule has 0 bridgehead atoms. The van der Waals surface area contributed by atoms with E-state index in [0.717, 1.165) is 22.5 Å². The SMILES string of the molecule is CC(=O)Cn1nc(C)c(-c2ccc(C(=O)O)cc2)c1C. The van der Waals surface area contributed by atoms with Gasteiger partial charge in [0.25, 0.3) is 0 Å². The maximum atomic E-state index is 11.2. The zero-order valence-electron chi connectivity index (χ0n) is 11.7. The minimum atomic E-state index is -0.947. The van der Waals surface area contributed by atoms with Crippen molar-refractivity contribution >= 4 is 11.8 Å². The molecule has 0 spiro atoms. The Kier molecular flexibility index (Phi) is 3.70. The van der Waals surface area contributed by atoms with Gasteiger partial charge < -0.3 is 5.11 Å². The number of carboxylic acids is 1. The fraction of sp³-hybridized carbons (Fsp3) is 0.267. The van der Waals surface area contributed by atoms with Crippen LogP contribution in [0.5, 0.6) is 0 Å². The maximum absolute atomic E-state index is 11.2. The Balaban J connectivity index is 2.44. The van der Waals surface area contributed by atoms with Crippen LogP contribution < -0.4 is 0 Å². The molecule has 0 radical (unpaired) electrons. The van der Waals surface area contributed by atoms with Gasteiger partial charge in [-0.05, 0) is 38.5 Å². The molecule has 0 amide bonds. The van der Waals surface area contributed by atoms with Gasteiger partial charge in [-0.15, -0.1) is 0 Å². The van der Waals surface area contributed by atoms with E-state index in [1.54, 1.807) is 28.9 Å². The molecule has 1 heterocycles. The van der Waals surface area contributed by atoms with E-state index in [9.17, 15) is 9.59 Å². The normalized spacial score (nSPS) is 10.6. The van der Waals surface area contributed by atoms with Gasteiger partial charge in [-0.1, -0.05) is 12.1 Å². The number of rotatable bonds is 4. The summed E-state index contributed by atoms with van der Waals surface area (Å²) in [5.74, 6) is -0.902. The third-order valence-electron chi connectivity index (χ3n) is 3.17. The van der Waals surface area contributed by atoms with Crippen molar-refractivity contribution in [1.82, 2.24) is 9.78 Å². The first-order valence-corrected chi connectivity index (χ1v) is 6.27. The lowest BCUT2D eigenvalue weighted by Gasteiger charge is -2.04. The predicted molar refractivity (Wildman–Crippen MR) is 74.8 cm³/mol. The van der Waals surface area contributed by atoms with Crippen LogP contribution in [-0.2, 0) is 11.3 Å². The summed E-state index contributed by atoms with van der Waals surface area (Å²) in [5, 5.41) is 13.3. The van der Waals surface area contributed by atoms with Gasteiger partial charge in [0.2, 0.25) is 0 Å². The number of carboxylic acid groups (broad SMARTS) is 1. The maximum Gasteiger partial charge on any atom is 0.335 e. The summed E-state index contributed by atoms with van der Waals surface area (Å²) in [6, 6.07) is 6.66. The number of hydrogen-bond acceptors (Lipinski definition) is 3. The third kappa shape index (κ3) is 2.61. The zero-order chi connectivity index (χ0) is 14.9. The minimum Gasteiger partial charge on any atom is -0.478 e. The number of nitrogens with zero attached hydrogens (tertiary/aromatic N) is 2. The van der Waals surface area contributed by atoms with Crippen LogP contribution in [0.25, 0.3) is 11.1 Å². The Morgan fingerprint density at radius 2 is 1.80 bits per heavy atom. The van der Waals surface area contributed by atoms with Crippen LogP contribution in [-0.4, -0.2) is 26.6 Å². The van der Waals surface area contributed by atoms with E-state index in [-0.39, 0.29) is 17.9 Å². The van der Waals surface area contributed by atoms with Gasteiger partial charge in [-0.3, -0.25) is 9.48 Å². The van der Waals surface area contributed by atoms with E-state index in [4.69, 9.17) is 5.11 Å². The lowest BCUT2D eigenvalue weighted by atomic mass is 10.0. The van der Waals surface area contributed by atoms with E-state index >= 15 is 0 Å². The van der Waals surface area contributed by atoms with Crippen molar-refractivity contribution < 1.29 is 14.7 Å². The van der Waals surface area contributed by atoms with Gasteiger partial charge in [0.15, 0.2) is 5.78 Å². The van der Waals surface area contributed by atoms with Crippen molar-refractivity contribution in [3.8, 4) is 11.1 Å². The summed E-state index contributed by atoms with van der Waals surface area (Å²) in [6.07, 6.45) is 0. The first-order chi connectivity index (χ1) is 9.40. The molecule has 1 N–H and O–H groups in total. The highest BCUT2D eigenvalue weighted by Crippen LogP contribution is 2.27. The van der Waals surface area contributed by atoms with Gasteiger partial charge in [0.05, 0.1) is 17.8 Å². The molecule has 104 valence electrons. The average molecular weight is 272 g/mol. The topological polar surface area (TPSA) is 72.2 Å². The lowest BCUT2D eigenvalue weighted by Crippen LogP contribution is -2.09. The molecule has 0 saturated heterocycles. The van der Waals surface area contributed by atoms with Crippen LogP contribution in [0.2, 0.25) is 0 Å². The molecular weight excluding hydrogens is 256 g/mol. The molecule has 1 aromatic heterocycles. The van der Waals surface area contributed by atoms with Gasteiger partial charge in [0.1, 0.15) is 0 Å². The zero-order valence-corrected chi connectivity index (χ0v) is 11.7. The number of carbonyl (C=O) groups is 2. The highest BCUT2D eigenvalue weighted by Gasteiger charge is 2.14. The predicted octanol–water partition coefficient (Wildman–Crippen LogP) is 2.45. The molecule has 5 heteroatoms. The monoisotopic (exact) mass is 272 g/mol. The van der Waals surface area contributed by atoms with E-state index in [0.29, 0.717) is 0 Å². The van der Waals surface area contributed by atoms with Crippen LogP contribution >= 0.6 is 0 Å². The highest BCUT2D eigenvalue weighted by atomic mass is 16.4.